The van der Waals surface area contributed by atoms with Crippen LogP contribution in [0.3, 0.4) is 0 Å². The van der Waals surface area contributed by atoms with Gasteiger partial charge < -0.3 is 20.5 Å². The third-order valence-electron chi connectivity index (χ3n) is 2.50. The van der Waals surface area contributed by atoms with E-state index >= 15 is 0 Å². The molecule has 6 heteroatoms. The van der Waals surface area contributed by atoms with Gasteiger partial charge in [-0.25, -0.2) is 4.98 Å². The first-order valence-electron chi connectivity index (χ1n) is 5.30. The highest BCUT2D eigenvalue weighted by Crippen LogP contribution is 2.35. The van der Waals surface area contributed by atoms with Crippen LogP contribution in [0.5, 0.6) is 11.5 Å². The summed E-state index contributed by atoms with van der Waals surface area (Å²) in [5.41, 5.74) is 6.93. The van der Waals surface area contributed by atoms with Crippen molar-refractivity contribution in [1.29, 1.82) is 0 Å². The molecule has 2 aromatic rings. The van der Waals surface area contributed by atoms with Crippen molar-refractivity contribution in [2.45, 2.75) is 0 Å². The fraction of sp³-hybridized carbons (Fsp3) is 0.0833. The quantitative estimate of drug-likeness (QED) is 0.872. The number of anilines is 3. The number of aromatic nitrogens is 1. The van der Waals surface area contributed by atoms with Crippen molar-refractivity contribution in [2.24, 2.45) is 0 Å². The van der Waals surface area contributed by atoms with E-state index in [0.29, 0.717) is 22.3 Å². The predicted octanol–water partition coefficient (Wildman–Crippen LogP) is 2.79. The summed E-state index contributed by atoms with van der Waals surface area (Å²) in [6, 6.07) is 7.16. The highest BCUT2D eigenvalue weighted by Gasteiger charge is 2.13. The van der Waals surface area contributed by atoms with Crippen LogP contribution in [-0.2, 0) is 0 Å². The molecular formula is C12H10ClN3O2. The maximum absolute atomic E-state index is 6.04. The number of nitrogen functional groups attached to an aromatic ring is 1. The minimum Gasteiger partial charge on any atom is -0.454 e. The van der Waals surface area contributed by atoms with Crippen molar-refractivity contribution < 1.29 is 9.47 Å². The number of fused-ring (bicyclic) bond motifs is 1. The van der Waals surface area contributed by atoms with Gasteiger partial charge in [-0.1, -0.05) is 11.6 Å². The Kier molecular flexibility index (Phi) is 2.60. The lowest BCUT2D eigenvalue weighted by Crippen LogP contribution is -1.96. The van der Waals surface area contributed by atoms with Gasteiger partial charge in [-0.15, -0.1) is 0 Å². The Bertz CT molecular complexity index is 604. The van der Waals surface area contributed by atoms with Crippen LogP contribution in [0, 0.1) is 0 Å². The Morgan fingerprint density at radius 1 is 1.22 bits per heavy atom. The predicted molar refractivity (Wildman–Crippen MR) is 69.5 cm³/mol. The molecule has 0 aliphatic carbocycles. The number of halogens is 1. The van der Waals surface area contributed by atoms with Gasteiger partial charge in [-0.2, -0.15) is 0 Å². The number of nitrogens with zero attached hydrogens (tertiary/aromatic N) is 1. The zero-order valence-corrected chi connectivity index (χ0v) is 10.1. The Morgan fingerprint density at radius 2 is 2.06 bits per heavy atom. The lowest BCUT2D eigenvalue weighted by atomic mass is 10.2. The van der Waals surface area contributed by atoms with Gasteiger partial charge in [0, 0.05) is 11.8 Å². The number of hydrogen-bond donors (Lipinski definition) is 2. The topological polar surface area (TPSA) is 69.4 Å². The van der Waals surface area contributed by atoms with Crippen molar-refractivity contribution in [1.82, 2.24) is 4.98 Å². The molecule has 3 N–H and O–H groups in total. The molecule has 1 aliphatic heterocycles. The monoisotopic (exact) mass is 263 g/mol. The zero-order valence-electron chi connectivity index (χ0n) is 9.31. The second kappa shape index (κ2) is 4.27. The highest BCUT2D eigenvalue weighted by atomic mass is 35.5. The van der Waals surface area contributed by atoms with Crippen LogP contribution in [0.1, 0.15) is 0 Å². The fourth-order valence-corrected chi connectivity index (χ4v) is 1.88. The molecule has 0 radical (unpaired) electrons. The van der Waals surface area contributed by atoms with Crippen LogP contribution in [-0.4, -0.2) is 11.8 Å². The summed E-state index contributed by atoms with van der Waals surface area (Å²) in [6.45, 7) is 0.250. The summed E-state index contributed by atoms with van der Waals surface area (Å²) in [6.07, 6.45) is 1.54. The van der Waals surface area contributed by atoms with Crippen molar-refractivity contribution >= 4 is 28.8 Å². The molecule has 0 amide bonds. The molecule has 5 nitrogen and oxygen atoms in total. The first kappa shape index (κ1) is 11.0. The summed E-state index contributed by atoms with van der Waals surface area (Å²) in [4.78, 5) is 4.13. The minimum atomic E-state index is 0.250. The maximum atomic E-state index is 6.04. The van der Waals surface area contributed by atoms with Crippen molar-refractivity contribution in [3.63, 3.8) is 0 Å². The van der Waals surface area contributed by atoms with Crippen LogP contribution in [0.15, 0.2) is 30.5 Å². The molecule has 1 aliphatic rings. The van der Waals surface area contributed by atoms with Gasteiger partial charge in [0.1, 0.15) is 5.82 Å². The molecule has 0 fully saturated rings. The smallest absolute Gasteiger partial charge is 0.231 e. The van der Waals surface area contributed by atoms with E-state index in [4.69, 9.17) is 26.8 Å². The Hall–Kier alpha value is -2.14. The van der Waals surface area contributed by atoms with Gasteiger partial charge in [0.05, 0.1) is 16.9 Å². The van der Waals surface area contributed by atoms with Gasteiger partial charge in [0.25, 0.3) is 0 Å². The summed E-state index contributed by atoms with van der Waals surface area (Å²) in [5, 5.41) is 3.56. The summed E-state index contributed by atoms with van der Waals surface area (Å²) < 4.78 is 10.5. The number of nitrogens with one attached hydrogen (secondary N) is 1. The van der Waals surface area contributed by atoms with E-state index in [-0.39, 0.29) is 6.79 Å². The first-order valence-corrected chi connectivity index (χ1v) is 5.68. The standard InChI is InChI=1S/C12H10ClN3O2/c13-9-3-7(14)5-15-12(9)16-8-1-2-10-11(4-8)18-6-17-10/h1-5H,6,14H2,(H,15,16). The molecule has 0 unspecified atom stereocenters. The molecule has 3 rings (SSSR count). The van der Waals surface area contributed by atoms with Crippen LogP contribution < -0.4 is 20.5 Å². The lowest BCUT2D eigenvalue weighted by molar-refractivity contribution is 0.174. The molecule has 0 atom stereocenters. The Labute approximate surface area is 108 Å². The van der Waals surface area contributed by atoms with Crippen molar-refractivity contribution in [2.75, 3.05) is 17.8 Å². The van der Waals surface area contributed by atoms with Gasteiger partial charge in [-0.05, 0) is 18.2 Å². The minimum absolute atomic E-state index is 0.250. The molecular weight excluding hydrogens is 254 g/mol. The fourth-order valence-electron chi connectivity index (χ4n) is 1.66. The number of rotatable bonds is 2. The van der Waals surface area contributed by atoms with E-state index in [0.717, 1.165) is 11.4 Å². The second-order valence-corrected chi connectivity index (χ2v) is 4.20. The SMILES string of the molecule is Nc1cnc(Nc2ccc3c(c2)OCO3)c(Cl)c1. The third-order valence-corrected chi connectivity index (χ3v) is 2.79. The first-order chi connectivity index (χ1) is 8.72. The number of nitrogens with two attached hydrogens (primary N) is 1. The molecule has 2 heterocycles. The Balaban J connectivity index is 1.88. The third kappa shape index (κ3) is 2.00. The molecule has 0 saturated heterocycles. The summed E-state index contributed by atoms with van der Waals surface area (Å²) in [7, 11) is 0. The van der Waals surface area contributed by atoms with Crippen molar-refractivity contribution in [3.05, 3.63) is 35.5 Å². The molecule has 1 aromatic carbocycles. The molecule has 0 bridgehead atoms. The molecule has 92 valence electrons. The zero-order chi connectivity index (χ0) is 12.5. The number of pyridine rings is 1. The largest absolute Gasteiger partial charge is 0.454 e. The van der Waals surface area contributed by atoms with Crippen LogP contribution in [0.2, 0.25) is 5.02 Å². The average molecular weight is 264 g/mol. The van der Waals surface area contributed by atoms with Gasteiger partial charge >= 0.3 is 0 Å². The Morgan fingerprint density at radius 3 is 2.89 bits per heavy atom. The van der Waals surface area contributed by atoms with Crippen LogP contribution in [0.25, 0.3) is 0 Å². The summed E-state index contributed by atoms with van der Waals surface area (Å²) >= 11 is 6.04. The molecule has 18 heavy (non-hydrogen) atoms. The molecule has 0 spiro atoms. The van der Waals surface area contributed by atoms with Crippen molar-refractivity contribution in [3.8, 4) is 11.5 Å². The van der Waals surface area contributed by atoms with E-state index in [1.807, 2.05) is 18.2 Å². The van der Waals surface area contributed by atoms with E-state index in [1.54, 1.807) is 12.3 Å². The van der Waals surface area contributed by atoms with E-state index in [2.05, 4.69) is 10.3 Å². The summed E-state index contributed by atoms with van der Waals surface area (Å²) in [5.74, 6) is 1.98. The van der Waals surface area contributed by atoms with Gasteiger partial charge in [0.2, 0.25) is 6.79 Å². The lowest BCUT2D eigenvalue weighted by Gasteiger charge is -2.08. The number of ether oxygens (including phenoxy) is 2. The van der Waals surface area contributed by atoms with E-state index in [1.165, 1.54) is 0 Å². The number of hydrogen-bond acceptors (Lipinski definition) is 5. The van der Waals surface area contributed by atoms with E-state index < -0.39 is 0 Å². The second-order valence-electron chi connectivity index (χ2n) is 3.79. The highest BCUT2D eigenvalue weighted by molar-refractivity contribution is 6.33. The van der Waals surface area contributed by atoms with Crippen LogP contribution >= 0.6 is 11.6 Å². The normalized spacial score (nSPS) is 12.5. The van der Waals surface area contributed by atoms with Gasteiger partial charge in [-0.3, -0.25) is 0 Å². The average Bonchev–Trinajstić information content (AvgIpc) is 2.80. The molecule has 0 saturated carbocycles. The van der Waals surface area contributed by atoms with Crippen LogP contribution in [0.4, 0.5) is 17.2 Å². The number of benzene rings is 1. The van der Waals surface area contributed by atoms with Gasteiger partial charge in [0.15, 0.2) is 11.5 Å². The van der Waals surface area contributed by atoms with E-state index in [9.17, 15) is 0 Å². The molecule has 1 aromatic heterocycles. The maximum Gasteiger partial charge on any atom is 0.231 e.